The predicted octanol–water partition coefficient (Wildman–Crippen LogP) is 1.00. The summed E-state index contributed by atoms with van der Waals surface area (Å²) in [7, 11) is 0. The molecule has 1 fully saturated rings. The Kier molecular flexibility index (Phi) is 6.15. The van der Waals surface area contributed by atoms with Crippen molar-refractivity contribution in [1.29, 1.82) is 0 Å². The van der Waals surface area contributed by atoms with Gasteiger partial charge in [-0.05, 0) is 25.3 Å². The molecule has 2 atom stereocenters. The third-order valence-electron chi connectivity index (χ3n) is 2.79. The molecule has 1 heterocycles. The van der Waals surface area contributed by atoms with Crippen molar-refractivity contribution in [3.05, 3.63) is 0 Å². The Morgan fingerprint density at radius 2 is 2.00 bits per heavy atom. The molecule has 1 aliphatic heterocycles. The standard InChI is InChI=1S/C11H24N2O/c1-3-5-12-6-7-13-9-11-10(2)4-8-14-11/h10-13H,3-9H2,1-2H3. The van der Waals surface area contributed by atoms with Crippen LogP contribution in [0.5, 0.6) is 0 Å². The van der Waals surface area contributed by atoms with Crippen molar-refractivity contribution >= 4 is 0 Å². The average molecular weight is 200 g/mol. The van der Waals surface area contributed by atoms with Crippen molar-refractivity contribution in [2.75, 3.05) is 32.8 Å². The van der Waals surface area contributed by atoms with Crippen molar-refractivity contribution in [2.45, 2.75) is 32.8 Å². The first kappa shape index (κ1) is 12.0. The van der Waals surface area contributed by atoms with Gasteiger partial charge in [-0.3, -0.25) is 0 Å². The molecule has 0 aromatic rings. The Hall–Kier alpha value is -0.120. The van der Waals surface area contributed by atoms with Crippen LogP contribution >= 0.6 is 0 Å². The predicted molar refractivity (Wildman–Crippen MR) is 59.6 cm³/mol. The highest BCUT2D eigenvalue weighted by molar-refractivity contribution is 4.74. The third kappa shape index (κ3) is 4.40. The Bertz CT molecular complexity index is 141. The lowest BCUT2D eigenvalue weighted by Crippen LogP contribution is -2.34. The van der Waals surface area contributed by atoms with Crippen molar-refractivity contribution in [1.82, 2.24) is 10.6 Å². The molecule has 0 aliphatic carbocycles. The topological polar surface area (TPSA) is 33.3 Å². The van der Waals surface area contributed by atoms with E-state index in [-0.39, 0.29) is 0 Å². The van der Waals surface area contributed by atoms with Crippen LogP contribution in [0, 0.1) is 5.92 Å². The van der Waals surface area contributed by atoms with Gasteiger partial charge in [0.05, 0.1) is 6.10 Å². The second-order valence-electron chi connectivity index (χ2n) is 4.13. The highest BCUT2D eigenvalue weighted by Gasteiger charge is 2.23. The zero-order valence-corrected chi connectivity index (χ0v) is 9.51. The van der Waals surface area contributed by atoms with Gasteiger partial charge >= 0.3 is 0 Å². The zero-order valence-electron chi connectivity index (χ0n) is 9.51. The molecule has 1 aliphatic rings. The smallest absolute Gasteiger partial charge is 0.0725 e. The molecule has 1 saturated heterocycles. The summed E-state index contributed by atoms with van der Waals surface area (Å²) in [6.07, 6.45) is 2.88. The fraction of sp³-hybridized carbons (Fsp3) is 1.00. The largest absolute Gasteiger partial charge is 0.377 e. The van der Waals surface area contributed by atoms with Crippen molar-refractivity contribution < 1.29 is 4.74 Å². The highest BCUT2D eigenvalue weighted by atomic mass is 16.5. The minimum absolute atomic E-state index is 0.446. The molecule has 0 radical (unpaired) electrons. The number of ether oxygens (including phenoxy) is 1. The lowest BCUT2D eigenvalue weighted by atomic mass is 10.0. The van der Waals surface area contributed by atoms with E-state index in [1.807, 2.05) is 0 Å². The van der Waals surface area contributed by atoms with Crippen LogP contribution < -0.4 is 10.6 Å². The van der Waals surface area contributed by atoms with E-state index < -0.39 is 0 Å². The third-order valence-corrected chi connectivity index (χ3v) is 2.79. The molecular weight excluding hydrogens is 176 g/mol. The van der Waals surface area contributed by atoms with Crippen LogP contribution in [0.25, 0.3) is 0 Å². The van der Waals surface area contributed by atoms with Crippen molar-refractivity contribution in [3.63, 3.8) is 0 Å². The Morgan fingerprint density at radius 3 is 2.64 bits per heavy atom. The minimum atomic E-state index is 0.446. The molecule has 0 saturated carbocycles. The normalized spacial score (nSPS) is 27.0. The minimum Gasteiger partial charge on any atom is -0.377 e. The first-order valence-corrected chi connectivity index (χ1v) is 5.87. The fourth-order valence-corrected chi connectivity index (χ4v) is 1.74. The number of nitrogens with one attached hydrogen (secondary N) is 2. The second-order valence-corrected chi connectivity index (χ2v) is 4.13. The SMILES string of the molecule is CCCNCCNCC1OCCC1C. The van der Waals surface area contributed by atoms with E-state index in [1.54, 1.807) is 0 Å². The maximum atomic E-state index is 5.61. The van der Waals surface area contributed by atoms with E-state index >= 15 is 0 Å². The van der Waals surface area contributed by atoms with Crippen molar-refractivity contribution in [2.24, 2.45) is 5.92 Å². The molecular formula is C11H24N2O. The number of hydrogen-bond acceptors (Lipinski definition) is 3. The van der Waals surface area contributed by atoms with Gasteiger partial charge in [0.25, 0.3) is 0 Å². The van der Waals surface area contributed by atoms with Gasteiger partial charge in [-0.15, -0.1) is 0 Å². The fourth-order valence-electron chi connectivity index (χ4n) is 1.74. The van der Waals surface area contributed by atoms with Gasteiger partial charge in [0.15, 0.2) is 0 Å². The quantitative estimate of drug-likeness (QED) is 0.602. The molecule has 14 heavy (non-hydrogen) atoms. The molecule has 0 aromatic carbocycles. The molecule has 0 bridgehead atoms. The van der Waals surface area contributed by atoms with Gasteiger partial charge in [-0.25, -0.2) is 0 Å². The van der Waals surface area contributed by atoms with Crippen LogP contribution in [-0.4, -0.2) is 38.9 Å². The first-order chi connectivity index (χ1) is 6.84. The molecule has 84 valence electrons. The van der Waals surface area contributed by atoms with E-state index in [4.69, 9.17) is 4.74 Å². The molecule has 0 spiro atoms. The van der Waals surface area contributed by atoms with E-state index in [1.165, 1.54) is 12.8 Å². The van der Waals surface area contributed by atoms with Crippen molar-refractivity contribution in [3.8, 4) is 0 Å². The van der Waals surface area contributed by atoms with Gasteiger partial charge in [-0.2, -0.15) is 0 Å². The van der Waals surface area contributed by atoms with Crippen LogP contribution in [-0.2, 0) is 4.74 Å². The molecule has 2 N–H and O–H groups in total. The molecule has 0 aromatic heterocycles. The molecule has 0 amide bonds. The lowest BCUT2D eigenvalue weighted by Gasteiger charge is -2.15. The summed E-state index contributed by atoms with van der Waals surface area (Å²) in [4.78, 5) is 0. The summed E-state index contributed by atoms with van der Waals surface area (Å²) < 4.78 is 5.61. The number of hydrogen-bond donors (Lipinski definition) is 2. The van der Waals surface area contributed by atoms with Crippen LogP contribution in [0.3, 0.4) is 0 Å². The van der Waals surface area contributed by atoms with E-state index in [2.05, 4.69) is 24.5 Å². The zero-order chi connectivity index (χ0) is 10.2. The summed E-state index contributed by atoms with van der Waals surface area (Å²) in [6.45, 7) is 9.65. The van der Waals surface area contributed by atoms with Crippen LogP contribution in [0.2, 0.25) is 0 Å². The summed E-state index contributed by atoms with van der Waals surface area (Å²) in [5.41, 5.74) is 0. The van der Waals surface area contributed by atoms with E-state index in [0.717, 1.165) is 38.7 Å². The molecule has 2 unspecified atom stereocenters. The maximum Gasteiger partial charge on any atom is 0.0725 e. The summed E-state index contributed by atoms with van der Waals surface area (Å²) in [5.74, 6) is 0.728. The lowest BCUT2D eigenvalue weighted by molar-refractivity contribution is 0.0936. The van der Waals surface area contributed by atoms with Gasteiger partial charge in [-0.1, -0.05) is 13.8 Å². The van der Waals surface area contributed by atoms with Crippen LogP contribution in [0.1, 0.15) is 26.7 Å². The van der Waals surface area contributed by atoms with Gasteiger partial charge in [0.2, 0.25) is 0 Å². The summed E-state index contributed by atoms with van der Waals surface area (Å²) in [6, 6.07) is 0. The Morgan fingerprint density at radius 1 is 1.21 bits per heavy atom. The Balaban J connectivity index is 1.88. The average Bonchev–Trinajstić information content (AvgIpc) is 2.58. The monoisotopic (exact) mass is 200 g/mol. The summed E-state index contributed by atoms with van der Waals surface area (Å²) >= 11 is 0. The molecule has 3 nitrogen and oxygen atoms in total. The van der Waals surface area contributed by atoms with E-state index in [9.17, 15) is 0 Å². The Labute approximate surface area is 87.6 Å². The molecule has 3 heteroatoms. The van der Waals surface area contributed by atoms with Crippen LogP contribution in [0.4, 0.5) is 0 Å². The van der Waals surface area contributed by atoms with Gasteiger partial charge < -0.3 is 15.4 Å². The first-order valence-electron chi connectivity index (χ1n) is 5.87. The van der Waals surface area contributed by atoms with E-state index in [0.29, 0.717) is 6.10 Å². The maximum absolute atomic E-state index is 5.61. The highest BCUT2D eigenvalue weighted by Crippen LogP contribution is 2.18. The van der Waals surface area contributed by atoms with Crippen LogP contribution in [0.15, 0.2) is 0 Å². The molecule has 1 rings (SSSR count). The van der Waals surface area contributed by atoms with Gasteiger partial charge in [0, 0.05) is 26.2 Å². The van der Waals surface area contributed by atoms with Gasteiger partial charge in [0.1, 0.15) is 0 Å². The number of rotatable bonds is 7. The summed E-state index contributed by atoms with van der Waals surface area (Å²) in [5, 5.41) is 6.80. The second kappa shape index (κ2) is 7.21.